The first-order chi connectivity index (χ1) is 9.95. The summed E-state index contributed by atoms with van der Waals surface area (Å²) in [6.45, 7) is 2.30. The summed E-state index contributed by atoms with van der Waals surface area (Å²) < 4.78 is 0. The first kappa shape index (κ1) is 16.2. The second-order valence-electron chi connectivity index (χ2n) is 4.56. The van der Waals surface area contributed by atoms with Gasteiger partial charge in [0.25, 0.3) is 0 Å². The average Bonchev–Trinajstić information content (AvgIpc) is 2.80. The highest BCUT2D eigenvalue weighted by molar-refractivity contribution is 7.09. The predicted octanol–water partition coefficient (Wildman–Crippen LogP) is 3.50. The van der Waals surface area contributed by atoms with E-state index in [1.807, 2.05) is 6.92 Å². The molecule has 0 saturated heterocycles. The molecule has 0 fully saturated rings. The van der Waals surface area contributed by atoms with Gasteiger partial charge in [0.1, 0.15) is 0 Å². The molecule has 21 heavy (non-hydrogen) atoms. The van der Waals surface area contributed by atoms with Crippen LogP contribution in [0.4, 0.5) is 0 Å². The van der Waals surface area contributed by atoms with Gasteiger partial charge in [0.05, 0.1) is 30.3 Å². The molecule has 1 amide bonds. The maximum atomic E-state index is 11.9. The molecule has 0 saturated carbocycles. The van der Waals surface area contributed by atoms with Crippen LogP contribution in [0.2, 0.25) is 10.0 Å². The number of benzene rings is 1. The van der Waals surface area contributed by atoms with Gasteiger partial charge in [-0.2, -0.15) is 0 Å². The van der Waals surface area contributed by atoms with Gasteiger partial charge in [-0.25, -0.2) is 4.98 Å². The zero-order chi connectivity index (χ0) is 15.4. The third-order valence-electron chi connectivity index (χ3n) is 2.94. The molecule has 2 N–H and O–H groups in total. The van der Waals surface area contributed by atoms with E-state index in [2.05, 4.69) is 10.3 Å². The maximum Gasteiger partial charge on any atom is 0.223 e. The molecular weight excluding hydrogens is 331 g/mol. The van der Waals surface area contributed by atoms with E-state index in [1.54, 1.807) is 23.7 Å². The Kier molecular flexibility index (Phi) is 5.58. The van der Waals surface area contributed by atoms with Crippen LogP contribution in [0.25, 0.3) is 0 Å². The van der Waals surface area contributed by atoms with Crippen LogP contribution in [0, 0.1) is 6.92 Å². The second kappa shape index (κ2) is 7.22. The van der Waals surface area contributed by atoms with Crippen LogP contribution in [0.5, 0.6) is 0 Å². The predicted molar refractivity (Wildman–Crippen MR) is 84.7 cm³/mol. The molecule has 0 bridgehead atoms. The number of carbonyl (C=O) groups is 1. The third-order valence-corrected chi connectivity index (χ3v) is 4.31. The van der Waals surface area contributed by atoms with E-state index in [9.17, 15) is 9.90 Å². The van der Waals surface area contributed by atoms with Gasteiger partial charge in [-0.05, 0) is 30.7 Å². The van der Waals surface area contributed by atoms with Crippen molar-refractivity contribution in [3.63, 3.8) is 0 Å². The van der Waals surface area contributed by atoms with E-state index in [1.165, 1.54) is 11.3 Å². The smallest absolute Gasteiger partial charge is 0.223 e. The topological polar surface area (TPSA) is 62.2 Å². The fourth-order valence-corrected chi connectivity index (χ4v) is 3.07. The molecule has 0 unspecified atom stereocenters. The van der Waals surface area contributed by atoms with E-state index in [-0.39, 0.29) is 12.3 Å². The summed E-state index contributed by atoms with van der Waals surface area (Å²) in [5.41, 5.74) is 3.17. The van der Waals surface area contributed by atoms with Crippen LogP contribution in [-0.2, 0) is 11.3 Å². The summed E-state index contributed by atoms with van der Waals surface area (Å²) in [5, 5.41) is 13.7. The van der Waals surface area contributed by atoms with Gasteiger partial charge in [0.2, 0.25) is 5.91 Å². The number of nitrogens with zero attached hydrogens (tertiary/aromatic N) is 1. The van der Waals surface area contributed by atoms with E-state index in [0.717, 1.165) is 10.6 Å². The quantitative estimate of drug-likeness (QED) is 0.872. The van der Waals surface area contributed by atoms with Crippen LogP contribution in [0.1, 0.15) is 28.7 Å². The Bertz CT molecular complexity index is 625. The molecule has 1 aromatic heterocycles. The Balaban J connectivity index is 1.91. The highest BCUT2D eigenvalue weighted by Gasteiger charge is 2.14. The zero-order valence-corrected chi connectivity index (χ0v) is 13.6. The van der Waals surface area contributed by atoms with E-state index >= 15 is 0 Å². The normalized spacial score (nSPS) is 12.2. The fraction of sp³-hybridized carbons (Fsp3) is 0.286. The maximum absolute atomic E-state index is 11.9. The molecular formula is C14H14Cl2N2O2S. The number of thiazole rings is 1. The molecule has 1 atom stereocenters. The summed E-state index contributed by atoms with van der Waals surface area (Å²) >= 11 is 13.2. The van der Waals surface area contributed by atoms with Crippen LogP contribution < -0.4 is 5.32 Å². The van der Waals surface area contributed by atoms with Gasteiger partial charge >= 0.3 is 0 Å². The van der Waals surface area contributed by atoms with E-state index in [4.69, 9.17) is 23.2 Å². The number of amides is 1. The van der Waals surface area contributed by atoms with Crippen LogP contribution in [0.15, 0.2) is 23.7 Å². The lowest BCUT2D eigenvalue weighted by atomic mass is 10.1. The molecule has 2 rings (SSSR count). The van der Waals surface area contributed by atoms with Crippen molar-refractivity contribution < 1.29 is 9.90 Å². The van der Waals surface area contributed by atoms with Gasteiger partial charge < -0.3 is 10.4 Å². The summed E-state index contributed by atoms with van der Waals surface area (Å²) in [6, 6.07) is 4.77. The van der Waals surface area contributed by atoms with E-state index < -0.39 is 6.10 Å². The number of rotatable bonds is 5. The summed E-state index contributed by atoms with van der Waals surface area (Å²) in [5.74, 6) is -0.244. The lowest BCUT2D eigenvalue weighted by Gasteiger charge is -2.12. The second-order valence-corrected chi connectivity index (χ2v) is 6.37. The number of aliphatic hydroxyl groups excluding tert-OH is 1. The average molecular weight is 345 g/mol. The third kappa shape index (κ3) is 4.68. The highest BCUT2D eigenvalue weighted by Crippen LogP contribution is 2.25. The van der Waals surface area contributed by atoms with Crippen molar-refractivity contribution in [3.05, 3.63) is 49.9 Å². The van der Waals surface area contributed by atoms with Gasteiger partial charge in [-0.1, -0.05) is 23.2 Å². The molecule has 112 valence electrons. The summed E-state index contributed by atoms with van der Waals surface area (Å²) in [7, 11) is 0. The molecule has 1 aromatic carbocycles. The van der Waals surface area contributed by atoms with Gasteiger partial charge in [0, 0.05) is 14.9 Å². The first-order valence-corrected chi connectivity index (χ1v) is 7.89. The monoisotopic (exact) mass is 344 g/mol. The molecule has 4 nitrogen and oxygen atoms in total. The number of aryl methyl sites for hydroxylation is 1. The molecule has 0 aliphatic rings. The zero-order valence-electron chi connectivity index (χ0n) is 11.3. The number of nitrogens with one attached hydrogen (secondary N) is 1. The minimum Gasteiger partial charge on any atom is -0.388 e. The van der Waals surface area contributed by atoms with Crippen molar-refractivity contribution in [1.82, 2.24) is 10.3 Å². The number of hydrogen-bond acceptors (Lipinski definition) is 4. The minimum absolute atomic E-state index is 0.0471. The molecule has 1 heterocycles. The number of hydrogen-bond donors (Lipinski definition) is 2. The lowest BCUT2D eigenvalue weighted by Crippen LogP contribution is -2.24. The number of carbonyl (C=O) groups excluding carboxylic acids is 1. The molecule has 7 heteroatoms. The van der Waals surface area contributed by atoms with Gasteiger partial charge in [-0.3, -0.25) is 4.79 Å². The minimum atomic E-state index is -0.941. The fourth-order valence-electron chi connectivity index (χ4n) is 1.81. The number of aromatic nitrogens is 1. The van der Waals surface area contributed by atoms with E-state index in [0.29, 0.717) is 22.2 Å². The SMILES string of the molecule is Cc1ncsc1CNC(=O)C[C@@H](O)c1cc(Cl)cc(Cl)c1. The lowest BCUT2D eigenvalue weighted by molar-refractivity contribution is -0.123. The van der Waals surface area contributed by atoms with Crippen LogP contribution >= 0.6 is 34.5 Å². The van der Waals surface area contributed by atoms with Crippen molar-refractivity contribution in [2.24, 2.45) is 0 Å². The van der Waals surface area contributed by atoms with Crippen molar-refractivity contribution in [1.29, 1.82) is 0 Å². The van der Waals surface area contributed by atoms with Crippen molar-refractivity contribution in [3.8, 4) is 0 Å². The van der Waals surface area contributed by atoms with Crippen molar-refractivity contribution in [2.45, 2.75) is 26.0 Å². The Hall–Kier alpha value is -1.14. The van der Waals surface area contributed by atoms with Crippen LogP contribution in [0.3, 0.4) is 0 Å². The highest BCUT2D eigenvalue weighted by atomic mass is 35.5. The summed E-state index contributed by atoms with van der Waals surface area (Å²) in [4.78, 5) is 17.0. The van der Waals surface area contributed by atoms with Gasteiger partial charge in [-0.15, -0.1) is 11.3 Å². The largest absolute Gasteiger partial charge is 0.388 e. The molecule has 0 aliphatic heterocycles. The molecule has 0 radical (unpaired) electrons. The molecule has 0 aliphatic carbocycles. The van der Waals surface area contributed by atoms with Gasteiger partial charge in [0.15, 0.2) is 0 Å². The Morgan fingerprint density at radius 1 is 1.38 bits per heavy atom. The Morgan fingerprint density at radius 3 is 2.62 bits per heavy atom. The number of aliphatic hydroxyl groups is 1. The molecule has 2 aromatic rings. The van der Waals surface area contributed by atoms with Crippen molar-refractivity contribution >= 4 is 40.4 Å². The Labute approximate surface area is 136 Å². The summed E-state index contributed by atoms with van der Waals surface area (Å²) in [6.07, 6.45) is -0.988. The van der Waals surface area contributed by atoms with Crippen molar-refractivity contribution in [2.75, 3.05) is 0 Å². The number of halogens is 2. The van der Waals surface area contributed by atoms with Crippen LogP contribution in [-0.4, -0.2) is 16.0 Å². The molecule has 0 spiro atoms. The standard InChI is InChI=1S/C14H14Cl2N2O2S/c1-8-13(21-7-18-8)6-17-14(20)5-12(19)9-2-10(15)4-11(16)3-9/h2-4,7,12,19H,5-6H2,1H3,(H,17,20)/t12-/m1/s1. The Morgan fingerprint density at radius 2 is 2.05 bits per heavy atom. The first-order valence-electron chi connectivity index (χ1n) is 6.25.